The van der Waals surface area contributed by atoms with Gasteiger partial charge >= 0.3 is 0 Å². The lowest BCUT2D eigenvalue weighted by Crippen LogP contribution is -2.35. The molecule has 0 radical (unpaired) electrons. The predicted octanol–water partition coefficient (Wildman–Crippen LogP) is 4.05. The molecule has 9 heteroatoms. The molecule has 1 amide bonds. The van der Waals surface area contributed by atoms with Crippen molar-refractivity contribution in [2.75, 3.05) is 6.61 Å². The zero-order valence-corrected chi connectivity index (χ0v) is 16.8. The Hall–Kier alpha value is -3.46. The second-order valence-electron chi connectivity index (χ2n) is 6.28. The summed E-state index contributed by atoms with van der Waals surface area (Å²) in [4.78, 5) is 16.3. The molecule has 0 saturated heterocycles. The second kappa shape index (κ2) is 8.50. The van der Waals surface area contributed by atoms with Crippen LogP contribution in [0.4, 0.5) is 4.39 Å². The van der Waals surface area contributed by atoms with Gasteiger partial charge in [-0.05, 0) is 48.5 Å². The van der Waals surface area contributed by atoms with Crippen molar-refractivity contribution >= 4 is 40.3 Å². The molecule has 30 heavy (non-hydrogen) atoms. The first kappa shape index (κ1) is 19.8. The van der Waals surface area contributed by atoms with Crippen LogP contribution in [0.3, 0.4) is 0 Å². The minimum Gasteiger partial charge on any atom is -0.490 e. The zero-order chi connectivity index (χ0) is 21.1. The molecule has 0 unspecified atom stereocenters. The normalized spacial score (nSPS) is 16.7. The number of fused-ring (bicyclic) bond motifs is 1. The first-order chi connectivity index (χ1) is 14.6. The third-order valence-corrected chi connectivity index (χ3v) is 4.99. The van der Waals surface area contributed by atoms with E-state index < -0.39 is 5.91 Å². The van der Waals surface area contributed by atoms with E-state index in [1.54, 1.807) is 42.5 Å². The van der Waals surface area contributed by atoms with E-state index in [4.69, 9.17) is 14.9 Å². The molecule has 2 aromatic carbocycles. The van der Waals surface area contributed by atoms with Gasteiger partial charge in [0.05, 0.1) is 17.7 Å². The SMILES string of the molecule is CCOc1cc(/C=C2\C(=N)N3N=CSC3=NC2=O)ccc1OCc1ccccc1F. The highest BCUT2D eigenvalue weighted by Crippen LogP contribution is 2.31. The highest BCUT2D eigenvalue weighted by Gasteiger charge is 2.32. The number of amides is 1. The van der Waals surface area contributed by atoms with Crippen LogP contribution in [0.15, 0.2) is 58.1 Å². The fourth-order valence-corrected chi connectivity index (χ4v) is 3.49. The maximum absolute atomic E-state index is 13.8. The summed E-state index contributed by atoms with van der Waals surface area (Å²) in [5, 5.41) is 14.0. The minimum absolute atomic E-state index is 0.0379. The van der Waals surface area contributed by atoms with Crippen molar-refractivity contribution in [3.63, 3.8) is 0 Å². The number of hydrogen-bond acceptors (Lipinski definition) is 6. The number of carbonyl (C=O) groups is 1. The number of carbonyl (C=O) groups excluding carboxylic acids is 1. The molecule has 7 nitrogen and oxygen atoms in total. The van der Waals surface area contributed by atoms with Gasteiger partial charge in [0.25, 0.3) is 5.91 Å². The Kier molecular flexibility index (Phi) is 5.62. The third-order valence-electron chi connectivity index (χ3n) is 4.32. The number of hydrazone groups is 1. The lowest BCUT2D eigenvalue weighted by atomic mass is 10.1. The van der Waals surface area contributed by atoms with Crippen molar-refractivity contribution in [3.8, 4) is 11.5 Å². The van der Waals surface area contributed by atoms with E-state index in [2.05, 4.69) is 10.1 Å². The molecular formula is C21H17FN4O3S. The number of nitrogens with one attached hydrogen (secondary N) is 1. The fourth-order valence-electron chi connectivity index (χ4n) is 2.88. The largest absolute Gasteiger partial charge is 0.490 e. The number of rotatable bonds is 6. The van der Waals surface area contributed by atoms with Crippen LogP contribution < -0.4 is 9.47 Å². The molecular weight excluding hydrogens is 407 g/mol. The van der Waals surface area contributed by atoms with Gasteiger partial charge in [-0.15, -0.1) is 0 Å². The van der Waals surface area contributed by atoms with Gasteiger partial charge in [0, 0.05) is 5.56 Å². The highest BCUT2D eigenvalue weighted by molar-refractivity contribution is 8.25. The molecule has 0 fully saturated rings. The van der Waals surface area contributed by atoms with Crippen molar-refractivity contribution < 1.29 is 18.7 Å². The maximum atomic E-state index is 13.8. The van der Waals surface area contributed by atoms with Gasteiger partial charge in [0.2, 0.25) is 0 Å². The molecule has 152 valence electrons. The average Bonchev–Trinajstić information content (AvgIpc) is 3.20. The van der Waals surface area contributed by atoms with Crippen molar-refractivity contribution in [1.29, 1.82) is 5.41 Å². The molecule has 0 aliphatic carbocycles. The van der Waals surface area contributed by atoms with Crippen LogP contribution in [-0.2, 0) is 11.4 Å². The van der Waals surface area contributed by atoms with Crippen molar-refractivity contribution in [1.82, 2.24) is 5.01 Å². The molecule has 0 spiro atoms. The number of thioether (sulfide) groups is 1. The first-order valence-electron chi connectivity index (χ1n) is 9.12. The Morgan fingerprint density at radius 2 is 2.03 bits per heavy atom. The van der Waals surface area contributed by atoms with E-state index in [-0.39, 0.29) is 23.8 Å². The van der Waals surface area contributed by atoms with Gasteiger partial charge in [0.1, 0.15) is 12.4 Å². The van der Waals surface area contributed by atoms with Crippen LogP contribution in [0, 0.1) is 11.2 Å². The van der Waals surface area contributed by atoms with E-state index in [0.717, 1.165) is 0 Å². The van der Waals surface area contributed by atoms with Crippen molar-refractivity contribution in [2.24, 2.45) is 10.1 Å². The molecule has 2 heterocycles. The van der Waals surface area contributed by atoms with Gasteiger partial charge < -0.3 is 9.47 Å². The van der Waals surface area contributed by atoms with Crippen LogP contribution in [0.2, 0.25) is 0 Å². The Morgan fingerprint density at radius 1 is 1.20 bits per heavy atom. The molecule has 0 saturated carbocycles. The topological polar surface area (TPSA) is 87.3 Å². The molecule has 0 aromatic heterocycles. The van der Waals surface area contributed by atoms with E-state index in [0.29, 0.717) is 34.4 Å². The van der Waals surface area contributed by atoms with Crippen molar-refractivity contribution in [3.05, 3.63) is 65.0 Å². The second-order valence-corrected chi connectivity index (χ2v) is 7.09. The summed E-state index contributed by atoms with van der Waals surface area (Å²) in [6.45, 7) is 2.29. The molecule has 0 bridgehead atoms. The maximum Gasteiger partial charge on any atom is 0.283 e. The monoisotopic (exact) mass is 424 g/mol. The summed E-state index contributed by atoms with van der Waals surface area (Å²) >= 11 is 1.19. The predicted molar refractivity (Wildman–Crippen MR) is 114 cm³/mol. The number of benzene rings is 2. The summed E-state index contributed by atoms with van der Waals surface area (Å²) in [6, 6.07) is 11.5. The van der Waals surface area contributed by atoms with Gasteiger partial charge in [-0.2, -0.15) is 15.1 Å². The first-order valence-corrected chi connectivity index (χ1v) is 10.0. The van der Waals surface area contributed by atoms with Crippen LogP contribution >= 0.6 is 11.8 Å². The Bertz CT molecular complexity index is 1110. The van der Waals surface area contributed by atoms with Crippen LogP contribution in [0.5, 0.6) is 11.5 Å². The summed E-state index contributed by atoms with van der Waals surface area (Å²) in [7, 11) is 0. The molecule has 2 aliphatic rings. The Labute approximate surface area is 176 Å². The molecule has 0 atom stereocenters. The number of hydrogen-bond donors (Lipinski definition) is 1. The minimum atomic E-state index is -0.498. The molecule has 2 aliphatic heterocycles. The average molecular weight is 424 g/mol. The number of aliphatic imine (C=N–C) groups is 1. The summed E-state index contributed by atoms with van der Waals surface area (Å²) in [5.41, 5.74) is 2.73. The molecule has 4 rings (SSSR count). The number of nitrogens with zero attached hydrogens (tertiary/aromatic N) is 3. The van der Waals surface area contributed by atoms with Crippen molar-refractivity contribution in [2.45, 2.75) is 13.5 Å². The Morgan fingerprint density at radius 3 is 2.83 bits per heavy atom. The smallest absolute Gasteiger partial charge is 0.283 e. The Balaban J connectivity index is 1.59. The van der Waals surface area contributed by atoms with Crippen LogP contribution in [0.25, 0.3) is 6.08 Å². The third kappa shape index (κ3) is 3.97. The number of ether oxygens (including phenoxy) is 2. The van der Waals surface area contributed by atoms with E-state index in [9.17, 15) is 9.18 Å². The summed E-state index contributed by atoms with van der Waals surface area (Å²) in [5.74, 6) is 0.0324. The van der Waals surface area contributed by atoms with Gasteiger partial charge in [-0.3, -0.25) is 10.2 Å². The number of halogens is 1. The van der Waals surface area contributed by atoms with E-state index in [1.807, 2.05) is 6.92 Å². The summed E-state index contributed by atoms with van der Waals surface area (Å²) in [6.07, 6.45) is 1.56. The van der Waals surface area contributed by atoms with Gasteiger partial charge in [-0.1, -0.05) is 24.3 Å². The molecule has 1 N–H and O–H groups in total. The highest BCUT2D eigenvalue weighted by atomic mass is 32.2. The van der Waals surface area contributed by atoms with Gasteiger partial charge in [-0.25, -0.2) is 4.39 Å². The standard InChI is InChI=1S/C21H17FN4O3S/c1-2-28-18-10-13(7-8-17(18)29-11-14-5-3-4-6-16(14)22)9-15-19(23)26-21(25-20(15)27)30-12-24-26/h3-10,12,23H,2,11H2,1H3/b15-9+,23-19?. The van der Waals surface area contributed by atoms with E-state index >= 15 is 0 Å². The quantitative estimate of drug-likeness (QED) is 0.707. The lowest BCUT2D eigenvalue weighted by molar-refractivity contribution is -0.114. The molecule has 2 aromatic rings. The van der Waals surface area contributed by atoms with Gasteiger partial charge in [0.15, 0.2) is 22.5 Å². The van der Waals surface area contributed by atoms with Crippen LogP contribution in [0.1, 0.15) is 18.1 Å². The van der Waals surface area contributed by atoms with E-state index in [1.165, 1.54) is 28.4 Å². The zero-order valence-electron chi connectivity index (χ0n) is 16.0. The number of amidine groups is 2. The van der Waals surface area contributed by atoms with Crippen LogP contribution in [-0.4, -0.2) is 34.1 Å². The summed E-state index contributed by atoms with van der Waals surface area (Å²) < 4.78 is 25.2. The fraction of sp³-hybridized carbons (Fsp3) is 0.143. The lowest BCUT2D eigenvalue weighted by Gasteiger charge is -2.20.